The van der Waals surface area contributed by atoms with Crippen LogP contribution in [0, 0.1) is 5.82 Å². The molecule has 0 amide bonds. The molecule has 1 aliphatic rings. The maximum absolute atomic E-state index is 11.9. The molecule has 2 heterocycles. The molecule has 0 radical (unpaired) electrons. The number of benzene rings is 1. The van der Waals surface area contributed by atoms with Crippen molar-refractivity contribution in [3.05, 3.63) is 58.6 Å². The molecule has 5 N–H and O–H groups in total. The maximum atomic E-state index is 11.9. The highest BCUT2D eigenvalue weighted by atomic mass is 79.9. The van der Waals surface area contributed by atoms with Crippen molar-refractivity contribution in [3.8, 4) is 0 Å². The van der Waals surface area contributed by atoms with Gasteiger partial charge in [0, 0.05) is 17.7 Å². The zero-order chi connectivity index (χ0) is 16.9. The van der Waals surface area contributed by atoms with Crippen LogP contribution >= 0.6 is 15.9 Å². The fraction of sp³-hybridized carbons (Fsp3) is 0.333. The summed E-state index contributed by atoms with van der Waals surface area (Å²) >= 11 is 3.46. The molecule has 25 heavy (non-hydrogen) atoms. The summed E-state index contributed by atoms with van der Waals surface area (Å²) in [6.07, 6.45) is 8.16. The lowest BCUT2D eigenvalue weighted by molar-refractivity contribution is 0.437. The number of halogens is 2. The summed E-state index contributed by atoms with van der Waals surface area (Å²) < 4.78 is 14.5. The van der Waals surface area contributed by atoms with E-state index in [2.05, 4.69) is 21.0 Å². The minimum absolute atomic E-state index is 0. The number of aromatic nitrogens is 3. The number of hydrogen-bond donors (Lipinski definition) is 2. The predicted molar refractivity (Wildman–Crippen MR) is 102 cm³/mol. The Hall–Kier alpha value is -1.99. The Bertz CT molecular complexity index is 800. The van der Waals surface area contributed by atoms with Crippen molar-refractivity contribution >= 4 is 27.4 Å². The van der Waals surface area contributed by atoms with Gasteiger partial charge in [-0.15, -0.1) is 0 Å². The van der Waals surface area contributed by atoms with Gasteiger partial charge < -0.3 is 11.9 Å². The number of nitrogen functional groups attached to an aromatic ring is 1. The third kappa shape index (κ3) is 4.76. The van der Waals surface area contributed by atoms with E-state index in [-0.39, 0.29) is 12.0 Å². The molecule has 0 bridgehead atoms. The van der Waals surface area contributed by atoms with Crippen LogP contribution in [0.25, 0.3) is 5.65 Å². The Morgan fingerprint density at radius 3 is 2.40 bits per heavy atom. The van der Waals surface area contributed by atoms with Crippen LogP contribution in [0.1, 0.15) is 43.7 Å². The Balaban J connectivity index is 0.000000240. The molecule has 2 aromatic heterocycles. The van der Waals surface area contributed by atoms with E-state index in [1.807, 2.05) is 6.07 Å². The van der Waals surface area contributed by atoms with Gasteiger partial charge in [0.2, 0.25) is 0 Å². The molecule has 5 nitrogen and oxygen atoms in total. The van der Waals surface area contributed by atoms with Gasteiger partial charge in [-0.2, -0.15) is 9.61 Å². The highest BCUT2D eigenvalue weighted by molar-refractivity contribution is 9.10. The first-order valence-corrected chi connectivity index (χ1v) is 8.94. The third-order valence-electron chi connectivity index (χ3n) is 4.23. The largest absolute Gasteiger partial charge is 0.384 e. The Morgan fingerprint density at radius 2 is 1.80 bits per heavy atom. The van der Waals surface area contributed by atoms with Crippen LogP contribution < -0.4 is 11.9 Å². The fourth-order valence-electron chi connectivity index (χ4n) is 3.00. The van der Waals surface area contributed by atoms with E-state index in [0.717, 1.165) is 15.8 Å². The lowest BCUT2D eigenvalue weighted by Gasteiger charge is -2.21. The van der Waals surface area contributed by atoms with Crippen molar-refractivity contribution in [2.24, 2.45) is 0 Å². The standard InChI is InChI=1S/C12H15BrN4.C6H5F.H3N/c13-9-7-15-17-11(14)6-10(16-12(9)17)8-4-2-1-3-5-8;7-6-4-2-1-3-5-6;/h6-8H,1-5,14H2;1-5H;1H3. The lowest BCUT2D eigenvalue weighted by Crippen LogP contribution is -2.09. The minimum Gasteiger partial charge on any atom is -0.384 e. The van der Waals surface area contributed by atoms with Crippen molar-refractivity contribution in [1.29, 1.82) is 0 Å². The molecule has 0 saturated heterocycles. The molecule has 4 rings (SSSR count). The van der Waals surface area contributed by atoms with Crippen molar-refractivity contribution in [1.82, 2.24) is 20.7 Å². The monoisotopic (exact) mass is 407 g/mol. The van der Waals surface area contributed by atoms with Crippen molar-refractivity contribution in [2.75, 3.05) is 5.73 Å². The number of hydrogen-bond acceptors (Lipinski definition) is 4. The van der Waals surface area contributed by atoms with Gasteiger partial charge in [0.1, 0.15) is 11.6 Å². The van der Waals surface area contributed by atoms with Crippen LogP contribution in [0.15, 0.2) is 47.1 Å². The zero-order valence-corrected chi connectivity index (χ0v) is 15.6. The molecule has 0 unspecified atom stereocenters. The molecule has 0 spiro atoms. The van der Waals surface area contributed by atoms with E-state index in [1.54, 1.807) is 28.9 Å². The van der Waals surface area contributed by atoms with Gasteiger partial charge in [0.15, 0.2) is 5.65 Å². The van der Waals surface area contributed by atoms with E-state index in [1.165, 1.54) is 44.2 Å². The molecule has 134 valence electrons. The maximum Gasteiger partial charge on any atom is 0.171 e. The van der Waals surface area contributed by atoms with Gasteiger partial charge >= 0.3 is 0 Å². The molecule has 0 aliphatic heterocycles. The molecular formula is C18H23BrFN5. The zero-order valence-electron chi connectivity index (χ0n) is 14.0. The average Bonchev–Trinajstić information content (AvgIpc) is 2.99. The van der Waals surface area contributed by atoms with Gasteiger partial charge in [-0.1, -0.05) is 37.5 Å². The highest BCUT2D eigenvalue weighted by Crippen LogP contribution is 2.33. The first-order chi connectivity index (χ1) is 11.6. The number of nitrogens with zero attached hydrogens (tertiary/aromatic N) is 3. The molecule has 1 aromatic carbocycles. The van der Waals surface area contributed by atoms with Crippen molar-refractivity contribution in [3.63, 3.8) is 0 Å². The predicted octanol–water partition coefficient (Wildman–Crippen LogP) is 5.11. The molecule has 1 fully saturated rings. The first-order valence-electron chi connectivity index (χ1n) is 8.15. The number of fused-ring (bicyclic) bond motifs is 1. The van der Waals surface area contributed by atoms with E-state index in [0.29, 0.717) is 11.7 Å². The summed E-state index contributed by atoms with van der Waals surface area (Å²) in [5, 5.41) is 4.19. The molecule has 1 aliphatic carbocycles. The molecular weight excluding hydrogens is 385 g/mol. The van der Waals surface area contributed by atoms with Crippen LogP contribution in [-0.4, -0.2) is 14.6 Å². The topological polar surface area (TPSA) is 91.2 Å². The molecule has 3 aromatic rings. The Morgan fingerprint density at radius 1 is 1.12 bits per heavy atom. The second kappa shape index (κ2) is 8.92. The molecule has 1 saturated carbocycles. The Labute approximate surface area is 155 Å². The quantitative estimate of drug-likeness (QED) is 0.585. The Kier molecular flexibility index (Phi) is 6.90. The van der Waals surface area contributed by atoms with Crippen molar-refractivity contribution in [2.45, 2.75) is 38.0 Å². The fourth-order valence-corrected chi connectivity index (χ4v) is 3.35. The van der Waals surface area contributed by atoms with Crippen LogP contribution in [0.2, 0.25) is 0 Å². The average molecular weight is 408 g/mol. The second-order valence-electron chi connectivity index (χ2n) is 5.96. The SMILES string of the molecule is Fc1ccccc1.N.Nc1cc(C2CCCCC2)nc2c(Br)cnn12. The van der Waals surface area contributed by atoms with E-state index in [4.69, 9.17) is 10.7 Å². The lowest BCUT2D eigenvalue weighted by atomic mass is 9.87. The van der Waals surface area contributed by atoms with Gasteiger partial charge in [-0.05, 0) is 40.9 Å². The van der Waals surface area contributed by atoms with Crippen LogP contribution in [0.5, 0.6) is 0 Å². The van der Waals surface area contributed by atoms with Crippen LogP contribution in [0.4, 0.5) is 10.2 Å². The summed E-state index contributed by atoms with van der Waals surface area (Å²) in [4.78, 5) is 4.69. The van der Waals surface area contributed by atoms with Crippen LogP contribution in [0.3, 0.4) is 0 Å². The summed E-state index contributed by atoms with van der Waals surface area (Å²) in [6.45, 7) is 0. The van der Waals surface area contributed by atoms with Gasteiger partial charge in [0.05, 0.1) is 10.7 Å². The van der Waals surface area contributed by atoms with Crippen molar-refractivity contribution < 1.29 is 4.39 Å². The third-order valence-corrected chi connectivity index (χ3v) is 4.79. The van der Waals surface area contributed by atoms with Crippen LogP contribution in [-0.2, 0) is 0 Å². The van der Waals surface area contributed by atoms with E-state index in [9.17, 15) is 4.39 Å². The van der Waals surface area contributed by atoms with Gasteiger partial charge in [-0.3, -0.25) is 0 Å². The highest BCUT2D eigenvalue weighted by Gasteiger charge is 2.19. The number of anilines is 1. The van der Waals surface area contributed by atoms with Gasteiger partial charge in [-0.25, -0.2) is 9.37 Å². The normalized spacial score (nSPS) is 14.5. The second-order valence-corrected chi connectivity index (χ2v) is 6.82. The molecule has 0 atom stereocenters. The summed E-state index contributed by atoms with van der Waals surface area (Å²) in [5.74, 6) is 1.06. The summed E-state index contributed by atoms with van der Waals surface area (Å²) in [7, 11) is 0. The van der Waals surface area contributed by atoms with E-state index >= 15 is 0 Å². The first kappa shape index (κ1) is 19.3. The summed E-state index contributed by atoms with van der Waals surface area (Å²) in [6, 6.07) is 9.91. The number of rotatable bonds is 1. The summed E-state index contributed by atoms with van der Waals surface area (Å²) in [5.41, 5.74) is 7.96. The smallest absolute Gasteiger partial charge is 0.171 e. The van der Waals surface area contributed by atoms with E-state index < -0.39 is 0 Å². The number of nitrogens with two attached hydrogens (primary N) is 1. The minimum atomic E-state index is -0.178. The molecule has 7 heteroatoms. The van der Waals surface area contributed by atoms with Gasteiger partial charge in [0.25, 0.3) is 0 Å².